The fourth-order valence-electron chi connectivity index (χ4n) is 3.31. The number of rotatable bonds is 4. The van der Waals surface area contributed by atoms with E-state index in [0.717, 1.165) is 18.1 Å². The van der Waals surface area contributed by atoms with E-state index in [4.69, 9.17) is 0 Å². The molecule has 2 rings (SSSR count). The van der Waals surface area contributed by atoms with Crippen LogP contribution in [0.25, 0.3) is 0 Å². The Hall–Kier alpha value is -0.120. The lowest BCUT2D eigenvalue weighted by molar-refractivity contribution is 0.176. The Labute approximate surface area is 100 Å². The Kier molecular flexibility index (Phi) is 4.22. The molecule has 1 heterocycles. The predicted octanol–water partition coefficient (Wildman–Crippen LogP) is 1.15. The maximum absolute atomic E-state index is 3.41. The second-order valence-electron chi connectivity index (χ2n) is 5.67. The molecule has 1 N–H and O–H groups in total. The molecular formula is C13H27N3. The number of likely N-dealkylation sites (tertiary alicyclic amines) is 1. The Morgan fingerprint density at radius 2 is 2.12 bits per heavy atom. The Bertz CT molecular complexity index is 219. The zero-order chi connectivity index (χ0) is 11.5. The molecule has 0 aromatic carbocycles. The van der Waals surface area contributed by atoms with E-state index in [1.54, 1.807) is 0 Å². The van der Waals surface area contributed by atoms with E-state index >= 15 is 0 Å². The van der Waals surface area contributed by atoms with Crippen LogP contribution in [0.5, 0.6) is 0 Å². The molecule has 1 saturated heterocycles. The number of hydrogen-bond acceptors (Lipinski definition) is 3. The predicted molar refractivity (Wildman–Crippen MR) is 68.8 cm³/mol. The summed E-state index contributed by atoms with van der Waals surface area (Å²) in [5.41, 5.74) is 0. The number of nitrogens with one attached hydrogen (secondary N) is 1. The lowest BCUT2D eigenvalue weighted by atomic mass is 10.1. The maximum atomic E-state index is 3.41. The van der Waals surface area contributed by atoms with Crippen LogP contribution in [0.1, 0.15) is 32.1 Å². The third kappa shape index (κ3) is 2.76. The highest BCUT2D eigenvalue weighted by Crippen LogP contribution is 2.25. The highest BCUT2D eigenvalue weighted by molar-refractivity contribution is 4.87. The van der Waals surface area contributed by atoms with Gasteiger partial charge in [0, 0.05) is 24.7 Å². The van der Waals surface area contributed by atoms with Crippen LogP contribution in [0.15, 0.2) is 0 Å². The van der Waals surface area contributed by atoms with E-state index in [1.165, 1.54) is 45.2 Å². The molecule has 0 spiro atoms. The molecule has 3 heteroatoms. The molecule has 2 aliphatic rings. The van der Waals surface area contributed by atoms with Crippen LogP contribution < -0.4 is 5.32 Å². The van der Waals surface area contributed by atoms with Gasteiger partial charge in [0.1, 0.15) is 0 Å². The third-order valence-electron chi connectivity index (χ3n) is 4.61. The minimum Gasteiger partial charge on any atom is -0.317 e. The topological polar surface area (TPSA) is 18.5 Å². The molecule has 2 fully saturated rings. The van der Waals surface area contributed by atoms with Gasteiger partial charge in [-0.3, -0.25) is 0 Å². The molecule has 3 unspecified atom stereocenters. The summed E-state index contributed by atoms with van der Waals surface area (Å²) in [7, 11) is 6.68. The van der Waals surface area contributed by atoms with Crippen LogP contribution in [-0.4, -0.2) is 62.2 Å². The van der Waals surface area contributed by atoms with Gasteiger partial charge in [0.25, 0.3) is 0 Å². The van der Waals surface area contributed by atoms with Crippen LogP contribution in [-0.2, 0) is 0 Å². The Morgan fingerprint density at radius 3 is 2.69 bits per heavy atom. The lowest BCUT2D eigenvalue weighted by Gasteiger charge is -2.30. The van der Waals surface area contributed by atoms with Gasteiger partial charge in [-0.1, -0.05) is 0 Å². The monoisotopic (exact) mass is 225 g/mol. The van der Waals surface area contributed by atoms with E-state index in [9.17, 15) is 0 Å². The molecule has 0 aromatic rings. The summed E-state index contributed by atoms with van der Waals surface area (Å²) in [6.45, 7) is 2.56. The van der Waals surface area contributed by atoms with E-state index in [-0.39, 0.29) is 0 Å². The second-order valence-corrected chi connectivity index (χ2v) is 5.67. The smallest absolute Gasteiger partial charge is 0.0220 e. The zero-order valence-electron chi connectivity index (χ0n) is 11.1. The molecular weight excluding hydrogens is 198 g/mol. The van der Waals surface area contributed by atoms with Crippen LogP contribution in [0.3, 0.4) is 0 Å². The van der Waals surface area contributed by atoms with E-state index in [1.807, 2.05) is 0 Å². The molecule has 16 heavy (non-hydrogen) atoms. The van der Waals surface area contributed by atoms with Crippen molar-refractivity contribution < 1.29 is 0 Å². The van der Waals surface area contributed by atoms with Crippen molar-refractivity contribution in [2.24, 2.45) is 0 Å². The number of hydrogen-bond donors (Lipinski definition) is 1. The fraction of sp³-hybridized carbons (Fsp3) is 1.00. The van der Waals surface area contributed by atoms with Gasteiger partial charge in [0.05, 0.1) is 0 Å². The molecule has 1 aliphatic heterocycles. The molecule has 0 radical (unpaired) electrons. The first-order valence-corrected chi connectivity index (χ1v) is 6.78. The van der Waals surface area contributed by atoms with Gasteiger partial charge in [-0.15, -0.1) is 0 Å². The first-order valence-electron chi connectivity index (χ1n) is 6.78. The molecule has 0 aromatic heterocycles. The molecule has 3 nitrogen and oxygen atoms in total. The first kappa shape index (κ1) is 12.3. The first-order chi connectivity index (χ1) is 7.70. The average molecular weight is 225 g/mol. The van der Waals surface area contributed by atoms with Gasteiger partial charge in [0.15, 0.2) is 0 Å². The van der Waals surface area contributed by atoms with Gasteiger partial charge in [-0.2, -0.15) is 0 Å². The normalized spacial score (nSPS) is 36.4. The van der Waals surface area contributed by atoms with Crippen molar-refractivity contribution in [3.8, 4) is 0 Å². The quantitative estimate of drug-likeness (QED) is 0.774. The van der Waals surface area contributed by atoms with Crippen molar-refractivity contribution in [3.63, 3.8) is 0 Å². The molecule has 94 valence electrons. The Balaban J connectivity index is 1.77. The van der Waals surface area contributed by atoms with Crippen molar-refractivity contribution >= 4 is 0 Å². The van der Waals surface area contributed by atoms with Gasteiger partial charge >= 0.3 is 0 Å². The van der Waals surface area contributed by atoms with Crippen LogP contribution in [0.2, 0.25) is 0 Å². The van der Waals surface area contributed by atoms with Gasteiger partial charge in [-0.05, 0) is 59.8 Å². The summed E-state index contributed by atoms with van der Waals surface area (Å²) in [6, 6.07) is 2.37. The summed E-state index contributed by atoms with van der Waals surface area (Å²) in [5, 5.41) is 3.41. The highest BCUT2D eigenvalue weighted by Gasteiger charge is 2.29. The van der Waals surface area contributed by atoms with Gasteiger partial charge in [-0.25, -0.2) is 0 Å². The molecule has 1 saturated carbocycles. The van der Waals surface area contributed by atoms with E-state index in [2.05, 4.69) is 36.3 Å². The summed E-state index contributed by atoms with van der Waals surface area (Å²) in [5.74, 6) is 0. The second kappa shape index (κ2) is 5.48. The molecule has 0 amide bonds. The summed E-state index contributed by atoms with van der Waals surface area (Å²) < 4.78 is 0. The Morgan fingerprint density at radius 1 is 1.31 bits per heavy atom. The van der Waals surface area contributed by atoms with Crippen molar-refractivity contribution in [1.82, 2.24) is 15.1 Å². The highest BCUT2D eigenvalue weighted by atomic mass is 15.2. The average Bonchev–Trinajstić information content (AvgIpc) is 2.88. The molecule has 0 bridgehead atoms. The van der Waals surface area contributed by atoms with E-state index in [0.29, 0.717) is 0 Å². The summed E-state index contributed by atoms with van der Waals surface area (Å²) in [4.78, 5) is 5.13. The SMILES string of the molecule is CNC1CCC(N(C)CC2CCCN2C)C1. The minimum absolute atomic E-state index is 0.758. The standard InChI is InChI=1S/C13H27N3/c1-14-11-6-7-12(9-11)16(3)10-13-5-4-8-15(13)2/h11-14H,4-10H2,1-3H3. The van der Waals surface area contributed by atoms with Gasteiger partial charge < -0.3 is 15.1 Å². The fourth-order valence-corrected chi connectivity index (χ4v) is 3.31. The number of likely N-dealkylation sites (N-methyl/N-ethyl adjacent to an activating group) is 2. The van der Waals surface area contributed by atoms with Crippen LogP contribution in [0, 0.1) is 0 Å². The largest absolute Gasteiger partial charge is 0.317 e. The van der Waals surface area contributed by atoms with Crippen molar-refractivity contribution in [1.29, 1.82) is 0 Å². The number of nitrogens with zero attached hydrogens (tertiary/aromatic N) is 2. The van der Waals surface area contributed by atoms with E-state index < -0.39 is 0 Å². The van der Waals surface area contributed by atoms with Gasteiger partial charge in [0.2, 0.25) is 0 Å². The van der Waals surface area contributed by atoms with Crippen molar-refractivity contribution in [3.05, 3.63) is 0 Å². The maximum Gasteiger partial charge on any atom is 0.0220 e. The molecule has 3 atom stereocenters. The third-order valence-corrected chi connectivity index (χ3v) is 4.61. The van der Waals surface area contributed by atoms with Crippen molar-refractivity contribution in [2.45, 2.75) is 50.2 Å². The summed E-state index contributed by atoms with van der Waals surface area (Å²) >= 11 is 0. The van der Waals surface area contributed by atoms with Crippen molar-refractivity contribution in [2.75, 3.05) is 34.2 Å². The minimum atomic E-state index is 0.758. The molecule has 1 aliphatic carbocycles. The summed E-state index contributed by atoms with van der Waals surface area (Å²) in [6.07, 6.45) is 6.84. The van der Waals surface area contributed by atoms with Crippen LogP contribution >= 0.6 is 0 Å². The van der Waals surface area contributed by atoms with Crippen LogP contribution in [0.4, 0.5) is 0 Å². The zero-order valence-corrected chi connectivity index (χ0v) is 11.1. The lowest BCUT2D eigenvalue weighted by Crippen LogP contribution is -2.41.